The van der Waals surface area contributed by atoms with Crippen molar-refractivity contribution in [3.63, 3.8) is 0 Å². The van der Waals surface area contributed by atoms with E-state index >= 15 is 0 Å². The summed E-state index contributed by atoms with van der Waals surface area (Å²) in [6.07, 6.45) is 0.445. The molecule has 0 bridgehead atoms. The normalized spacial score (nSPS) is 19.7. The third-order valence-electron chi connectivity index (χ3n) is 6.57. The van der Waals surface area contributed by atoms with E-state index in [-0.39, 0.29) is 55.3 Å². The molecule has 12 nitrogen and oxygen atoms in total. The van der Waals surface area contributed by atoms with Crippen LogP contribution in [0, 0.1) is 5.92 Å². The molecule has 0 unspecified atom stereocenters. The molecule has 2 aromatic rings. The van der Waals surface area contributed by atoms with Crippen LogP contribution in [-0.4, -0.2) is 86.6 Å². The number of carbonyl (C=O) groups is 2. The maximum absolute atomic E-state index is 13.5. The van der Waals surface area contributed by atoms with Crippen molar-refractivity contribution in [2.24, 2.45) is 5.92 Å². The van der Waals surface area contributed by atoms with Gasteiger partial charge in [0.1, 0.15) is 6.10 Å². The van der Waals surface area contributed by atoms with Gasteiger partial charge < -0.3 is 34.9 Å². The van der Waals surface area contributed by atoms with Gasteiger partial charge in [0.15, 0.2) is 17.2 Å². The molecule has 0 aliphatic carbocycles. The fraction of sp³-hybridized carbons (Fsp3) is 0.440. The third kappa shape index (κ3) is 5.95. The number of likely N-dealkylation sites (N-methyl/N-ethyl adjacent to an activating group) is 1. The predicted molar refractivity (Wildman–Crippen MR) is 140 cm³/mol. The molecule has 2 aromatic carbocycles. The highest BCUT2D eigenvalue weighted by Gasteiger charge is 2.35. The topological polar surface area (TPSA) is 147 Å². The second-order valence-corrected chi connectivity index (χ2v) is 11.6. The molecule has 38 heavy (non-hydrogen) atoms. The Kier molecular flexibility index (Phi) is 7.99. The predicted octanol–water partition coefficient (Wildman–Crippen LogP) is 2.17. The number of para-hydroxylation sites is 1. The Morgan fingerprint density at radius 1 is 1.21 bits per heavy atom. The minimum atomic E-state index is -3.50. The number of urea groups is 1. The molecule has 13 heteroatoms. The second-order valence-electron chi connectivity index (χ2n) is 9.50. The lowest BCUT2D eigenvalue weighted by molar-refractivity contribution is 0.0389. The van der Waals surface area contributed by atoms with Crippen LogP contribution >= 0.6 is 0 Å². The van der Waals surface area contributed by atoms with E-state index in [1.165, 1.54) is 16.3 Å². The first kappa shape index (κ1) is 27.5. The number of hydrogen-bond acceptors (Lipinski definition) is 8. The van der Waals surface area contributed by atoms with Gasteiger partial charge in [-0.25, -0.2) is 17.5 Å². The van der Waals surface area contributed by atoms with Gasteiger partial charge in [-0.1, -0.05) is 13.0 Å². The van der Waals surface area contributed by atoms with E-state index in [0.29, 0.717) is 17.2 Å². The number of anilines is 2. The first-order valence-electron chi connectivity index (χ1n) is 12.1. The van der Waals surface area contributed by atoms with Gasteiger partial charge in [0, 0.05) is 31.3 Å². The van der Waals surface area contributed by atoms with Crippen molar-refractivity contribution in [3.8, 4) is 17.2 Å². The van der Waals surface area contributed by atoms with Crippen molar-refractivity contribution in [3.05, 3.63) is 42.0 Å². The maximum atomic E-state index is 13.5. The molecule has 2 aliphatic heterocycles. The van der Waals surface area contributed by atoms with Crippen molar-refractivity contribution in [2.75, 3.05) is 50.4 Å². The summed E-state index contributed by atoms with van der Waals surface area (Å²) in [6, 6.07) is 8.67. The molecule has 4 rings (SSSR count). The van der Waals surface area contributed by atoms with Gasteiger partial charge in [-0.3, -0.25) is 4.79 Å². The number of nitrogens with zero attached hydrogens (tertiary/aromatic N) is 2. The molecular weight excluding hydrogens is 516 g/mol. The molecule has 2 aliphatic rings. The summed E-state index contributed by atoms with van der Waals surface area (Å²) in [5.74, 6) is 0.524. The first-order valence-corrected chi connectivity index (χ1v) is 13.9. The summed E-state index contributed by atoms with van der Waals surface area (Å²) in [5.41, 5.74) is 0.878. The largest absolute Gasteiger partial charge is 0.486 e. The van der Waals surface area contributed by atoms with Crippen molar-refractivity contribution in [2.45, 2.75) is 26.0 Å². The molecule has 0 fully saturated rings. The molecule has 0 radical (unpaired) electrons. The Bertz CT molecular complexity index is 1320. The highest BCUT2D eigenvalue weighted by atomic mass is 32.2. The number of ether oxygens (including phenoxy) is 3. The zero-order valence-electron chi connectivity index (χ0n) is 21.6. The van der Waals surface area contributed by atoms with E-state index in [1.54, 1.807) is 43.3 Å². The van der Waals surface area contributed by atoms with Crippen LogP contribution in [0.4, 0.5) is 16.2 Å². The zero-order valence-corrected chi connectivity index (χ0v) is 22.4. The van der Waals surface area contributed by atoms with Crippen LogP contribution in [0.5, 0.6) is 17.2 Å². The van der Waals surface area contributed by atoms with E-state index in [2.05, 4.69) is 10.6 Å². The van der Waals surface area contributed by atoms with Gasteiger partial charge in [0.25, 0.3) is 5.91 Å². The Morgan fingerprint density at radius 3 is 2.66 bits per heavy atom. The summed E-state index contributed by atoms with van der Waals surface area (Å²) in [4.78, 5) is 28.0. The van der Waals surface area contributed by atoms with E-state index in [1.807, 2.05) is 6.92 Å². The first-order chi connectivity index (χ1) is 18.0. The van der Waals surface area contributed by atoms with Crippen molar-refractivity contribution >= 4 is 33.3 Å². The summed E-state index contributed by atoms with van der Waals surface area (Å²) in [5, 5.41) is 15.2. The lowest BCUT2D eigenvalue weighted by Gasteiger charge is -2.38. The van der Waals surface area contributed by atoms with Crippen LogP contribution in [0.25, 0.3) is 0 Å². The van der Waals surface area contributed by atoms with Crippen LogP contribution in [0.1, 0.15) is 24.2 Å². The van der Waals surface area contributed by atoms with E-state index in [9.17, 15) is 23.1 Å². The Morgan fingerprint density at radius 2 is 1.95 bits per heavy atom. The van der Waals surface area contributed by atoms with Gasteiger partial charge in [-0.05, 0) is 31.2 Å². The minimum absolute atomic E-state index is 0.0205. The number of nitrogens with one attached hydrogen (secondary N) is 2. The number of sulfonamides is 1. The van der Waals surface area contributed by atoms with Gasteiger partial charge in [0.05, 0.1) is 36.7 Å². The number of amides is 3. The Balaban J connectivity index is 1.65. The monoisotopic (exact) mass is 548 g/mol. The molecule has 0 saturated heterocycles. The number of rotatable bonds is 7. The van der Waals surface area contributed by atoms with Crippen molar-refractivity contribution < 1.29 is 37.3 Å². The summed E-state index contributed by atoms with van der Waals surface area (Å²) in [6.45, 7) is 3.69. The highest BCUT2D eigenvalue weighted by molar-refractivity contribution is 7.88. The summed E-state index contributed by atoms with van der Waals surface area (Å²) in [7, 11) is -2.05. The second kappa shape index (κ2) is 11.1. The van der Waals surface area contributed by atoms with Crippen molar-refractivity contribution in [1.82, 2.24) is 9.21 Å². The van der Waals surface area contributed by atoms with Gasteiger partial charge in [0.2, 0.25) is 16.8 Å². The zero-order chi connectivity index (χ0) is 27.6. The molecular formula is C25H32N4O8S. The summed E-state index contributed by atoms with van der Waals surface area (Å²) < 4.78 is 42.4. The molecule has 206 valence electrons. The van der Waals surface area contributed by atoms with Gasteiger partial charge in [-0.15, -0.1) is 0 Å². The molecule has 0 spiro atoms. The molecule has 2 heterocycles. The van der Waals surface area contributed by atoms with E-state index in [0.717, 1.165) is 6.26 Å². The molecule has 3 N–H and O–H groups in total. The van der Waals surface area contributed by atoms with E-state index in [4.69, 9.17) is 14.2 Å². The number of hydrogen-bond donors (Lipinski definition) is 3. The highest BCUT2D eigenvalue weighted by Crippen LogP contribution is 2.36. The SMILES string of the molecule is C[C@@H]1CN([C@@H](C)CO)C(=O)c2cccc(NC(=O)Nc3ccc4c(c3)OCO4)c2O[C@H]1CN(C)S(C)(=O)=O. The van der Waals surface area contributed by atoms with Crippen LogP contribution in [0.2, 0.25) is 0 Å². The lowest BCUT2D eigenvalue weighted by atomic mass is 9.99. The lowest BCUT2D eigenvalue weighted by Crippen LogP contribution is -2.50. The van der Waals surface area contributed by atoms with Gasteiger partial charge >= 0.3 is 6.03 Å². The number of aliphatic hydroxyl groups is 1. The van der Waals surface area contributed by atoms with E-state index < -0.39 is 28.2 Å². The van der Waals surface area contributed by atoms with Crippen LogP contribution < -0.4 is 24.8 Å². The smallest absolute Gasteiger partial charge is 0.323 e. The standard InChI is InChI=1S/C25H32N4O8S/c1-15-11-29(16(2)13-30)24(31)18-6-5-7-19(23(18)37-22(15)12-28(3)38(4,33)34)27-25(32)26-17-8-9-20-21(10-17)36-14-35-20/h5-10,15-16,22,30H,11-14H2,1-4H3,(H2,26,27,32)/t15-,16+,22+/m1/s1. The summed E-state index contributed by atoms with van der Waals surface area (Å²) >= 11 is 0. The number of fused-ring (bicyclic) bond motifs is 2. The van der Waals surface area contributed by atoms with Crippen LogP contribution in [0.15, 0.2) is 36.4 Å². The third-order valence-corrected chi connectivity index (χ3v) is 7.85. The molecule has 3 amide bonds. The maximum Gasteiger partial charge on any atom is 0.323 e. The molecule has 0 aromatic heterocycles. The van der Waals surface area contributed by atoms with Crippen LogP contribution in [0.3, 0.4) is 0 Å². The number of aliphatic hydroxyl groups excluding tert-OH is 1. The fourth-order valence-electron chi connectivity index (χ4n) is 4.21. The van der Waals surface area contributed by atoms with Crippen LogP contribution in [-0.2, 0) is 10.0 Å². The average molecular weight is 549 g/mol. The Labute approximate surface area is 221 Å². The Hall–Kier alpha value is -3.55. The number of benzene rings is 2. The number of carbonyl (C=O) groups excluding carboxylic acids is 2. The quantitative estimate of drug-likeness (QED) is 0.477. The molecule has 3 atom stereocenters. The fourth-order valence-corrected chi connectivity index (χ4v) is 4.63. The van der Waals surface area contributed by atoms with Crippen molar-refractivity contribution in [1.29, 1.82) is 0 Å². The van der Waals surface area contributed by atoms with Gasteiger partial charge in [-0.2, -0.15) is 0 Å². The minimum Gasteiger partial charge on any atom is -0.486 e. The average Bonchev–Trinajstić information content (AvgIpc) is 3.33. The molecule has 0 saturated carbocycles.